The second kappa shape index (κ2) is 3.33. The molecule has 0 spiro atoms. The van der Waals surface area contributed by atoms with Gasteiger partial charge in [-0.2, -0.15) is 0 Å². The van der Waals surface area contributed by atoms with Crippen molar-refractivity contribution in [2.75, 3.05) is 0 Å². The van der Waals surface area contributed by atoms with E-state index in [0.717, 1.165) is 24.2 Å². The van der Waals surface area contributed by atoms with Gasteiger partial charge in [-0.15, -0.1) is 0 Å². The van der Waals surface area contributed by atoms with Gasteiger partial charge in [0.25, 0.3) is 0 Å². The van der Waals surface area contributed by atoms with Crippen LogP contribution in [0.5, 0.6) is 5.75 Å². The minimum atomic E-state index is -0.399. The molecule has 2 rings (SSSR count). The highest BCUT2D eigenvalue weighted by Gasteiger charge is 2.23. The number of amides is 1. The summed E-state index contributed by atoms with van der Waals surface area (Å²) in [5.41, 5.74) is 6.67. The van der Waals surface area contributed by atoms with Crippen molar-refractivity contribution in [3.63, 3.8) is 0 Å². The van der Waals surface area contributed by atoms with E-state index in [4.69, 9.17) is 10.5 Å². The van der Waals surface area contributed by atoms with Gasteiger partial charge in [-0.1, -0.05) is 6.07 Å². The largest absolute Gasteiger partial charge is 0.490 e. The SMILES string of the molecule is Cc1ccc(OC2CC2)cc1C(N)=O. The van der Waals surface area contributed by atoms with Gasteiger partial charge in [0.2, 0.25) is 5.91 Å². The van der Waals surface area contributed by atoms with Crippen LogP contribution in [0.3, 0.4) is 0 Å². The zero-order chi connectivity index (χ0) is 10.1. The van der Waals surface area contributed by atoms with Crippen molar-refractivity contribution in [3.05, 3.63) is 29.3 Å². The van der Waals surface area contributed by atoms with Crippen molar-refractivity contribution in [3.8, 4) is 5.75 Å². The molecule has 0 aliphatic heterocycles. The highest BCUT2D eigenvalue weighted by molar-refractivity contribution is 5.94. The van der Waals surface area contributed by atoms with Crippen molar-refractivity contribution in [1.29, 1.82) is 0 Å². The predicted molar refractivity (Wildman–Crippen MR) is 53.3 cm³/mol. The third kappa shape index (κ3) is 1.87. The maximum Gasteiger partial charge on any atom is 0.249 e. The van der Waals surface area contributed by atoms with Crippen molar-refractivity contribution in [1.82, 2.24) is 0 Å². The molecule has 1 fully saturated rings. The van der Waals surface area contributed by atoms with Crippen LogP contribution in [0, 0.1) is 6.92 Å². The van der Waals surface area contributed by atoms with Crippen LogP contribution in [-0.2, 0) is 0 Å². The van der Waals surface area contributed by atoms with Crippen molar-refractivity contribution in [2.45, 2.75) is 25.9 Å². The monoisotopic (exact) mass is 191 g/mol. The van der Waals surface area contributed by atoms with Crippen LogP contribution in [-0.4, -0.2) is 12.0 Å². The Kier molecular flexibility index (Phi) is 2.15. The number of ether oxygens (including phenoxy) is 1. The molecule has 1 saturated carbocycles. The average Bonchev–Trinajstić information content (AvgIpc) is 2.92. The smallest absolute Gasteiger partial charge is 0.249 e. The molecule has 2 N–H and O–H groups in total. The maximum absolute atomic E-state index is 11.0. The second-order valence-electron chi connectivity index (χ2n) is 3.66. The number of hydrogen-bond donors (Lipinski definition) is 1. The highest BCUT2D eigenvalue weighted by Crippen LogP contribution is 2.27. The van der Waals surface area contributed by atoms with E-state index in [9.17, 15) is 4.79 Å². The fourth-order valence-electron chi connectivity index (χ4n) is 1.32. The Morgan fingerprint density at radius 2 is 2.21 bits per heavy atom. The average molecular weight is 191 g/mol. The third-order valence-electron chi connectivity index (χ3n) is 2.30. The van der Waals surface area contributed by atoms with Crippen LogP contribution >= 0.6 is 0 Å². The molecule has 0 atom stereocenters. The molecule has 0 radical (unpaired) electrons. The molecular weight excluding hydrogens is 178 g/mol. The number of rotatable bonds is 3. The number of nitrogens with two attached hydrogens (primary N) is 1. The lowest BCUT2D eigenvalue weighted by Crippen LogP contribution is -2.13. The van der Waals surface area contributed by atoms with Gasteiger partial charge >= 0.3 is 0 Å². The lowest BCUT2D eigenvalue weighted by Gasteiger charge is -2.07. The fourth-order valence-corrected chi connectivity index (χ4v) is 1.32. The number of carbonyl (C=O) groups is 1. The summed E-state index contributed by atoms with van der Waals surface area (Å²) < 4.78 is 5.56. The van der Waals surface area contributed by atoms with Crippen LogP contribution in [0.15, 0.2) is 18.2 Å². The summed E-state index contributed by atoms with van der Waals surface area (Å²) in [5.74, 6) is 0.343. The lowest BCUT2D eigenvalue weighted by molar-refractivity contribution is 0.0999. The molecule has 1 aliphatic rings. The van der Waals surface area contributed by atoms with Crippen LogP contribution in [0.4, 0.5) is 0 Å². The third-order valence-corrected chi connectivity index (χ3v) is 2.30. The molecule has 0 saturated heterocycles. The first-order chi connectivity index (χ1) is 6.66. The van der Waals surface area contributed by atoms with E-state index >= 15 is 0 Å². The molecule has 0 unspecified atom stereocenters. The topological polar surface area (TPSA) is 52.3 Å². The molecule has 1 amide bonds. The Bertz CT molecular complexity index is 370. The molecule has 1 aromatic carbocycles. The van der Waals surface area contributed by atoms with E-state index in [1.54, 1.807) is 6.07 Å². The van der Waals surface area contributed by atoms with Crippen LogP contribution < -0.4 is 10.5 Å². The summed E-state index contributed by atoms with van der Waals surface area (Å²) in [7, 11) is 0. The summed E-state index contributed by atoms with van der Waals surface area (Å²) in [5, 5.41) is 0. The summed E-state index contributed by atoms with van der Waals surface area (Å²) in [6, 6.07) is 5.45. The Morgan fingerprint density at radius 3 is 2.79 bits per heavy atom. The Morgan fingerprint density at radius 1 is 1.50 bits per heavy atom. The molecule has 1 aromatic rings. The van der Waals surface area contributed by atoms with E-state index in [-0.39, 0.29) is 0 Å². The molecule has 3 heteroatoms. The van der Waals surface area contributed by atoms with E-state index in [1.165, 1.54) is 0 Å². The van der Waals surface area contributed by atoms with Gasteiger partial charge in [0, 0.05) is 5.56 Å². The minimum Gasteiger partial charge on any atom is -0.490 e. The molecule has 3 nitrogen and oxygen atoms in total. The summed E-state index contributed by atoms with van der Waals surface area (Å²) in [6.45, 7) is 1.86. The molecule has 14 heavy (non-hydrogen) atoms. The molecular formula is C11H13NO2. The van der Waals surface area contributed by atoms with Gasteiger partial charge in [-0.25, -0.2) is 0 Å². The van der Waals surface area contributed by atoms with Gasteiger partial charge in [0.15, 0.2) is 0 Å². The molecule has 1 aliphatic carbocycles. The zero-order valence-electron chi connectivity index (χ0n) is 8.12. The van der Waals surface area contributed by atoms with Crippen molar-refractivity contribution >= 4 is 5.91 Å². The summed E-state index contributed by atoms with van der Waals surface area (Å²) in [4.78, 5) is 11.0. The number of aryl methyl sites for hydroxylation is 1. The van der Waals surface area contributed by atoms with Gasteiger partial charge in [-0.05, 0) is 37.5 Å². The van der Waals surface area contributed by atoms with E-state index < -0.39 is 5.91 Å². The summed E-state index contributed by atoms with van der Waals surface area (Å²) >= 11 is 0. The molecule has 0 heterocycles. The molecule has 0 bridgehead atoms. The first kappa shape index (κ1) is 9.06. The van der Waals surface area contributed by atoms with Crippen molar-refractivity contribution in [2.24, 2.45) is 5.73 Å². The van der Waals surface area contributed by atoms with Gasteiger partial charge in [-0.3, -0.25) is 4.79 Å². The summed E-state index contributed by atoms with van der Waals surface area (Å²) in [6.07, 6.45) is 2.57. The van der Waals surface area contributed by atoms with E-state index in [0.29, 0.717) is 11.7 Å². The fraction of sp³-hybridized carbons (Fsp3) is 0.364. The number of benzene rings is 1. The lowest BCUT2D eigenvalue weighted by atomic mass is 10.1. The van der Waals surface area contributed by atoms with Gasteiger partial charge in [0.1, 0.15) is 5.75 Å². The van der Waals surface area contributed by atoms with Crippen LogP contribution in [0.2, 0.25) is 0 Å². The van der Waals surface area contributed by atoms with Gasteiger partial charge in [0.05, 0.1) is 6.10 Å². The van der Waals surface area contributed by atoms with Crippen molar-refractivity contribution < 1.29 is 9.53 Å². The quantitative estimate of drug-likeness (QED) is 0.789. The predicted octanol–water partition coefficient (Wildman–Crippen LogP) is 1.64. The minimum absolute atomic E-state index is 0.346. The zero-order valence-corrected chi connectivity index (χ0v) is 8.12. The first-order valence-corrected chi connectivity index (χ1v) is 4.74. The maximum atomic E-state index is 11.0. The van der Waals surface area contributed by atoms with Gasteiger partial charge < -0.3 is 10.5 Å². The molecule has 74 valence electrons. The highest BCUT2D eigenvalue weighted by atomic mass is 16.5. The van der Waals surface area contributed by atoms with E-state index in [1.807, 2.05) is 19.1 Å². The number of carbonyl (C=O) groups excluding carboxylic acids is 1. The molecule has 0 aromatic heterocycles. The Labute approximate surface area is 82.9 Å². The Balaban J connectivity index is 2.24. The van der Waals surface area contributed by atoms with Crippen LogP contribution in [0.1, 0.15) is 28.8 Å². The van der Waals surface area contributed by atoms with E-state index in [2.05, 4.69) is 0 Å². The van der Waals surface area contributed by atoms with Crippen LogP contribution in [0.25, 0.3) is 0 Å². The number of primary amides is 1. The Hall–Kier alpha value is -1.51. The first-order valence-electron chi connectivity index (χ1n) is 4.74. The normalized spacial score (nSPS) is 15.2. The second-order valence-corrected chi connectivity index (χ2v) is 3.66. The number of hydrogen-bond acceptors (Lipinski definition) is 2. The standard InChI is InChI=1S/C11H13NO2/c1-7-2-3-9(14-8-4-5-8)6-10(7)11(12)13/h2-3,6,8H,4-5H2,1H3,(H2,12,13).